The van der Waals surface area contributed by atoms with Gasteiger partial charge in [0, 0.05) is 17.8 Å². The number of carbonyl (C=O) groups is 1. The standard InChI is InChI=1S/C18H28N2O4S/c1-3-7-13(2)19-17-11-10-15(12-16(17)18(21)22)25(23,24)20-14-8-5-4-6-9-14/h10-14,19-20H,3-9H2,1-2H3,(H,21,22). The van der Waals surface area contributed by atoms with Gasteiger partial charge in [-0.05, 0) is 44.4 Å². The van der Waals surface area contributed by atoms with E-state index in [0.29, 0.717) is 5.69 Å². The first-order chi connectivity index (χ1) is 11.8. The van der Waals surface area contributed by atoms with Crippen LogP contribution in [0.3, 0.4) is 0 Å². The van der Waals surface area contributed by atoms with E-state index in [1.807, 2.05) is 6.92 Å². The maximum absolute atomic E-state index is 12.6. The fourth-order valence-electron chi connectivity index (χ4n) is 3.27. The van der Waals surface area contributed by atoms with Crippen LogP contribution in [0.2, 0.25) is 0 Å². The van der Waals surface area contributed by atoms with E-state index >= 15 is 0 Å². The minimum Gasteiger partial charge on any atom is -0.478 e. The van der Waals surface area contributed by atoms with Crippen molar-refractivity contribution in [2.24, 2.45) is 0 Å². The number of hydrogen-bond acceptors (Lipinski definition) is 4. The number of carboxylic acids is 1. The number of benzene rings is 1. The zero-order valence-electron chi connectivity index (χ0n) is 14.9. The van der Waals surface area contributed by atoms with E-state index in [0.717, 1.165) is 44.9 Å². The van der Waals surface area contributed by atoms with Crippen LogP contribution < -0.4 is 10.0 Å². The summed E-state index contributed by atoms with van der Waals surface area (Å²) in [6.45, 7) is 4.04. The van der Waals surface area contributed by atoms with Gasteiger partial charge in [-0.15, -0.1) is 0 Å². The highest BCUT2D eigenvalue weighted by Crippen LogP contribution is 2.24. The van der Waals surface area contributed by atoms with E-state index in [1.165, 1.54) is 12.1 Å². The molecule has 1 atom stereocenters. The van der Waals surface area contributed by atoms with E-state index in [1.54, 1.807) is 6.07 Å². The molecule has 140 valence electrons. The van der Waals surface area contributed by atoms with E-state index < -0.39 is 16.0 Å². The van der Waals surface area contributed by atoms with Crippen LogP contribution in [0.25, 0.3) is 0 Å². The molecule has 0 aromatic heterocycles. The smallest absolute Gasteiger partial charge is 0.337 e. The van der Waals surface area contributed by atoms with Crippen LogP contribution in [-0.2, 0) is 10.0 Å². The summed E-state index contributed by atoms with van der Waals surface area (Å²) in [5.74, 6) is -1.14. The first-order valence-corrected chi connectivity index (χ1v) is 10.5. The van der Waals surface area contributed by atoms with Crippen LogP contribution in [0.5, 0.6) is 0 Å². The van der Waals surface area contributed by atoms with E-state index in [2.05, 4.69) is 17.0 Å². The maximum atomic E-state index is 12.6. The summed E-state index contributed by atoms with van der Waals surface area (Å²) in [7, 11) is -3.71. The first kappa shape index (κ1) is 19.7. The topological polar surface area (TPSA) is 95.5 Å². The van der Waals surface area contributed by atoms with Crippen molar-refractivity contribution >= 4 is 21.7 Å². The molecule has 3 N–H and O–H groups in total. The van der Waals surface area contributed by atoms with Crippen LogP contribution in [0.4, 0.5) is 5.69 Å². The van der Waals surface area contributed by atoms with Gasteiger partial charge in [-0.25, -0.2) is 17.9 Å². The molecule has 1 aromatic carbocycles. The lowest BCUT2D eigenvalue weighted by molar-refractivity contribution is 0.0697. The molecule has 6 nitrogen and oxygen atoms in total. The number of hydrogen-bond donors (Lipinski definition) is 3. The minimum atomic E-state index is -3.71. The van der Waals surface area contributed by atoms with Gasteiger partial charge in [0.2, 0.25) is 10.0 Å². The molecule has 25 heavy (non-hydrogen) atoms. The molecular formula is C18H28N2O4S. The highest BCUT2D eigenvalue weighted by Gasteiger charge is 2.24. The molecule has 1 unspecified atom stereocenters. The number of rotatable bonds is 8. The van der Waals surface area contributed by atoms with Crippen molar-refractivity contribution in [2.45, 2.75) is 75.8 Å². The second-order valence-electron chi connectivity index (χ2n) is 6.80. The predicted molar refractivity (Wildman–Crippen MR) is 98.6 cm³/mol. The number of carboxylic acid groups (broad SMARTS) is 1. The fraction of sp³-hybridized carbons (Fsp3) is 0.611. The molecule has 0 radical (unpaired) electrons. The van der Waals surface area contributed by atoms with E-state index in [4.69, 9.17) is 0 Å². The van der Waals surface area contributed by atoms with E-state index in [-0.39, 0.29) is 22.5 Å². The Hall–Kier alpha value is -1.60. The van der Waals surface area contributed by atoms with Crippen molar-refractivity contribution in [1.29, 1.82) is 0 Å². The molecule has 7 heteroatoms. The molecule has 0 heterocycles. The van der Waals surface area contributed by atoms with Crippen LogP contribution >= 0.6 is 0 Å². The third-order valence-corrected chi connectivity index (χ3v) is 6.10. The zero-order valence-corrected chi connectivity index (χ0v) is 15.7. The van der Waals surface area contributed by atoms with Gasteiger partial charge in [0.25, 0.3) is 0 Å². The van der Waals surface area contributed by atoms with Gasteiger partial charge in [0.05, 0.1) is 10.5 Å². The number of anilines is 1. The second kappa shape index (κ2) is 8.67. The van der Waals surface area contributed by atoms with Crippen LogP contribution in [0, 0.1) is 0 Å². The predicted octanol–water partition coefficient (Wildman–Crippen LogP) is 3.60. The van der Waals surface area contributed by atoms with Gasteiger partial charge >= 0.3 is 5.97 Å². The second-order valence-corrected chi connectivity index (χ2v) is 8.52. The van der Waals surface area contributed by atoms with Crippen LogP contribution in [0.15, 0.2) is 23.1 Å². The van der Waals surface area contributed by atoms with Crippen molar-refractivity contribution in [3.8, 4) is 0 Å². The van der Waals surface area contributed by atoms with Crippen LogP contribution in [0.1, 0.15) is 69.2 Å². The summed E-state index contributed by atoms with van der Waals surface area (Å²) < 4.78 is 27.9. The Kier molecular flexibility index (Phi) is 6.84. The lowest BCUT2D eigenvalue weighted by atomic mass is 9.96. The van der Waals surface area contributed by atoms with Crippen molar-refractivity contribution in [3.05, 3.63) is 23.8 Å². The summed E-state index contributed by atoms with van der Waals surface area (Å²) >= 11 is 0. The summed E-state index contributed by atoms with van der Waals surface area (Å²) in [5, 5.41) is 12.6. The van der Waals surface area contributed by atoms with Crippen LogP contribution in [-0.4, -0.2) is 31.6 Å². The molecule has 0 aliphatic heterocycles. The minimum absolute atomic E-state index is 0.00386. The van der Waals surface area contributed by atoms with Crippen molar-refractivity contribution in [2.75, 3.05) is 5.32 Å². The fourth-order valence-corrected chi connectivity index (χ4v) is 4.60. The molecule has 0 bridgehead atoms. The summed E-state index contributed by atoms with van der Waals surface area (Å²) in [5.41, 5.74) is 0.430. The Balaban J connectivity index is 2.23. The molecule has 1 aromatic rings. The summed E-state index contributed by atoms with van der Waals surface area (Å²) in [6.07, 6.45) is 6.73. The number of sulfonamides is 1. The van der Waals surface area contributed by atoms with Gasteiger partial charge in [0.15, 0.2) is 0 Å². The normalized spacial score (nSPS) is 17.2. The Labute approximate surface area is 150 Å². The highest BCUT2D eigenvalue weighted by atomic mass is 32.2. The molecule has 0 spiro atoms. The van der Waals surface area contributed by atoms with Gasteiger partial charge in [-0.1, -0.05) is 32.6 Å². The molecule has 2 rings (SSSR count). The van der Waals surface area contributed by atoms with Gasteiger partial charge in [0.1, 0.15) is 0 Å². The average molecular weight is 368 g/mol. The Morgan fingerprint density at radius 3 is 2.56 bits per heavy atom. The molecule has 0 amide bonds. The van der Waals surface area contributed by atoms with E-state index in [9.17, 15) is 18.3 Å². The quantitative estimate of drug-likeness (QED) is 0.652. The monoisotopic (exact) mass is 368 g/mol. The molecule has 1 aliphatic carbocycles. The Bertz CT molecular complexity index is 697. The van der Waals surface area contributed by atoms with Crippen molar-refractivity contribution in [3.63, 3.8) is 0 Å². The lowest BCUT2D eigenvalue weighted by Crippen LogP contribution is -2.36. The van der Waals surface area contributed by atoms with Gasteiger partial charge in [-0.2, -0.15) is 0 Å². The van der Waals surface area contributed by atoms with Crippen molar-refractivity contribution < 1.29 is 18.3 Å². The highest BCUT2D eigenvalue weighted by molar-refractivity contribution is 7.89. The Morgan fingerprint density at radius 2 is 1.96 bits per heavy atom. The van der Waals surface area contributed by atoms with Gasteiger partial charge < -0.3 is 10.4 Å². The third kappa shape index (κ3) is 5.44. The summed E-state index contributed by atoms with van der Waals surface area (Å²) in [4.78, 5) is 11.6. The molecule has 1 saturated carbocycles. The average Bonchev–Trinajstić information content (AvgIpc) is 2.55. The number of nitrogens with one attached hydrogen (secondary N) is 2. The first-order valence-electron chi connectivity index (χ1n) is 8.99. The van der Waals surface area contributed by atoms with Crippen molar-refractivity contribution in [1.82, 2.24) is 4.72 Å². The summed E-state index contributed by atoms with van der Waals surface area (Å²) in [6, 6.07) is 4.32. The zero-order chi connectivity index (χ0) is 18.4. The molecule has 0 saturated heterocycles. The van der Waals surface area contributed by atoms with Gasteiger partial charge in [-0.3, -0.25) is 0 Å². The number of aromatic carboxylic acids is 1. The molecule has 1 fully saturated rings. The molecule has 1 aliphatic rings. The SMILES string of the molecule is CCCC(C)Nc1ccc(S(=O)(=O)NC2CCCCC2)cc1C(=O)O. The Morgan fingerprint density at radius 1 is 1.28 bits per heavy atom. The lowest BCUT2D eigenvalue weighted by Gasteiger charge is -2.23. The maximum Gasteiger partial charge on any atom is 0.337 e. The largest absolute Gasteiger partial charge is 0.478 e. The molecular weight excluding hydrogens is 340 g/mol. The third-order valence-electron chi connectivity index (χ3n) is 4.58.